The lowest BCUT2D eigenvalue weighted by Crippen LogP contribution is -1.92. The van der Waals surface area contributed by atoms with Crippen molar-refractivity contribution in [3.63, 3.8) is 0 Å². The molecular formula is C14H11FN4. The van der Waals surface area contributed by atoms with Gasteiger partial charge < -0.3 is 0 Å². The van der Waals surface area contributed by atoms with Crippen LogP contribution in [0.25, 0.3) is 22.5 Å². The largest absolute Gasteiger partial charge is 0.228 e. The van der Waals surface area contributed by atoms with E-state index in [0.29, 0.717) is 11.3 Å². The van der Waals surface area contributed by atoms with E-state index in [2.05, 4.69) is 15.2 Å². The summed E-state index contributed by atoms with van der Waals surface area (Å²) in [6.45, 7) is 0. The second-order valence-corrected chi connectivity index (χ2v) is 4.12. The number of aromatic nitrogens is 4. The molecule has 0 aliphatic heterocycles. The molecule has 94 valence electrons. The summed E-state index contributed by atoms with van der Waals surface area (Å²) in [6.07, 6.45) is 1.42. The highest BCUT2D eigenvalue weighted by molar-refractivity contribution is 5.77. The molecular weight excluding hydrogens is 243 g/mol. The van der Waals surface area contributed by atoms with Crippen LogP contribution >= 0.6 is 0 Å². The minimum absolute atomic E-state index is 0.526. The lowest BCUT2D eigenvalue weighted by atomic mass is 10.1. The molecule has 19 heavy (non-hydrogen) atoms. The van der Waals surface area contributed by atoms with Gasteiger partial charge in [-0.3, -0.25) is 0 Å². The maximum absolute atomic E-state index is 13.2. The number of pyridine rings is 1. The molecule has 2 aromatic heterocycles. The smallest absolute Gasteiger partial charge is 0.213 e. The van der Waals surface area contributed by atoms with Crippen LogP contribution in [-0.2, 0) is 7.05 Å². The Morgan fingerprint density at radius 1 is 0.947 bits per heavy atom. The van der Waals surface area contributed by atoms with Crippen molar-refractivity contribution in [3.05, 3.63) is 54.6 Å². The Balaban J connectivity index is 2.18. The van der Waals surface area contributed by atoms with E-state index in [-0.39, 0.29) is 0 Å². The number of benzene rings is 1. The summed E-state index contributed by atoms with van der Waals surface area (Å²) in [5.74, 6) is -0.526. The van der Waals surface area contributed by atoms with Crippen LogP contribution in [0.5, 0.6) is 0 Å². The van der Waals surface area contributed by atoms with Gasteiger partial charge in [0, 0.05) is 30.4 Å². The summed E-state index contributed by atoms with van der Waals surface area (Å²) >= 11 is 0. The van der Waals surface area contributed by atoms with Gasteiger partial charge in [0.25, 0.3) is 0 Å². The van der Waals surface area contributed by atoms with E-state index in [1.807, 2.05) is 30.3 Å². The fourth-order valence-corrected chi connectivity index (χ4v) is 1.94. The van der Waals surface area contributed by atoms with Crippen molar-refractivity contribution < 1.29 is 4.39 Å². The van der Waals surface area contributed by atoms with Gasteiger partial charge in [0.1, 0.15) is 11.4 Å². The van der Waals surface area contributed by atoms with Crippen molar-refractivity contribution in [2.45, 2.75) is 0 Å². The molecule has 0 amide bonds. The predicted molar refractivity (Wildman–Crippen MR) is 69.6 cm³/mol. The third-order valence-corrected chi connectivity index (χ3v) is 2.76. The maximum Gasteiger partial charge on any atom is 0.213 e. The van der Waals surface area contributed by atoms with Crippen LogP contribution < -0.4 is 0 Å². The van der Waals surface area contributed by atoms with Crippen molar-refractivity contribution in [2.24, 2.45) is 7.05 Å². The molecule has 1 aromatic carbocycles. The molecule has 3 aromatic rings. The van der Waals surface area contributed by atoms with Gasteiger partial charge in [-0.25, -0.2) is 4.98 Å². The molecule has 0 atom stereocenters. The third-order valence-electron chi connectivity index (χ3n) is 2.76. The van der Waals surface area contributed by atoms with Gasteiger partial charge >= 0.3 is 0 Å². The molecule has 0 N–H and O–H groups in total. The topological polar surface area (TPSA) is 43.6 Å². The SMILES string of the molecule is Cn1nc(-c2ccccc2)c(-c2ccnc(F)c2)n1. The molecule has 0 unspecified atom stereocenters. The molecule has 5 heteroatoms. The summed E-state index contributed by atoms with van der Waals surface area (Å²) in [4.78, 5) is 5.04. The normalized spacial score (nSPS) is 10.6. The van der Waals surface area contributed by atoms with Gasteiger partial charge in [-0.05, 0) is 6.07 Å². The van der Waals surface area contributed by atoms with Gasteiger partial charge in [-0.2, -0.15) is 19.4 Å². The van der Waals surface area contributed by atoms with Crippen LogP contribution in [0.15, 0.2) is 48.7 Å². The van der Waals surface area contributed by atoms with Gasteiger partial charge in [0.2, 0.25) is 5.95 Å². The zero-order valence-corrected chi connectivity index (χ0v) is 10.3. The van der Waals surface area contributed by atoms with E-state index >= 15 is 0 Å². The van der Waals surface area contributed by atoms with Crippen LogP contribution in [0.4, 0.5) is 4.39 Å². The number of halogens is 1. The molecule has 0 radical (unpaired) electrons. The fourth-order valence-electron chi connectivity index (χ4n) is 1.94. The monoisotopic (exact) mass is 254 g/mol. The summed E-state index contributed by atoms with van der Waals surface area (Å²) < 4.78 is 13.2. The highest BCUT2D eigenvalue weighted by atomic mass is 19.1. The zero-order valence-electron chi connectivity index (χ0n) is 10.3. The van der Waals surface area contributed by atoms with Gasteiger partial charge in [-0.15, -0.1) is 0 Å². The summed E-state index contributed by atoms with van der Waals surface area (Å²) in [5, 5.41) is 8.66. The minimum Gasteiger partial charge on any atom is -0.228 e. The van der Waals surface area contributed by atoms with Crippen molar-refractivity contribution in [1.82, 2.24) is 20.0 Å². The average molecular weight is 254 g/mol. The predicted octanol–water partition coefficient (Wildman–Crippen LogP) is 2.68. The third kappa shape index (κ3) is 2.22. The van der Waals surface area contributed by atoms with Crippen LogP contribution in [-0.4, -0.2) is 20.0 Å². The second kappa shape index (κ2) is 4.61. The van der Waals surface area contributed by atoms with Gasteiger partial charge in [0.15, 0.2) is 0 Å². The van der Waals surface area contributed by atoms with Crippen LogP contribution in [0, 0.1) is 5.95 Å². The first-order chi connectivity index (χ1) is 9.24. The first kappa shape index (κ1) is 11.5. The second-order valence-electron chi connectivity index (χ2n) is 4.12. The summed E-state index contributed by atoms with van der Waals surface area (Å²) in [7, 11) is 1.74. The summed E-state index contributed by atoms with van der Waals surface area (Å²) in [5.41, 5.74) is 2.99. The fraction of sp³-hybridized carbons (Fsp3) is 0.0714. The Kier molecular flexibility index (Phi) is 2.79. The van der Waals surface area contributed by atoms with Gasteiger partial charge in [0.05, 0.1) is 0 Å². The quantitative estimate of drug-likeness (QED) is 0.660. The molecule has 0 bridgehead atoms. The molecule has 0 fully saturated rings. The number of rotatable bonds is 2. The van der Waals surface area contributed by atoms with E-state index < -0.39 is 5.95 Å². The Morgan fingerprint density at radius 2 is 1.63 bits per heavy atom. The molecule has 0 saturated carbocycles. The van der Waals surface area contributed by atoms with Crippen molar-refractivity contribution >= 4 is 0 Å². The standard InChI is InChI=1S/C14H11FN4/c1-19-17-13(10-5-3-2-4-6-10)14(18-19)11-7-8-16-12(15)9-11/h2-9H,1H3. The molecule has 2 heterocycles. The number of hydrogen-bond donors (Lipinski definition) is 0. The van der Waals surface area contributed by atoms with Crippen molar-refractivity contribution in [2.75, 3.05) is 0 Å². The van der Waals surface area contributed by atoms with Crippen molar-refractivity contribution in [3.8, 4) is 22.5 Å². The zero-order chi connectivity index (χ0) is 13.2. The van der Waals surface area contributed by atoms with E-state index in [1.165, 1.54) is 17.1 Å². The lowest BCUT2D eigenvalue weighted by Gasteiger charge is -2.00. The number of hydrogen-bond acceptors (Lipinski definition) is 3. The van der Waals surface area contributed by atoms with E-state index in [9.17, 15) is 4.39 Å². The molecule has 3 rings (SSSR count). The van der Waals surface area contributed by atoms with E-state index in [4.69, 9.17) is 0 Å². The highest BCUT2D eigenvalue weighted by Gasteiger charge is 2.14. The van der Waals surface area contributed by atoms with Crippen LogP contribution in [0.1, 0.15) is 0 Å². The summed E-state index contributed by atoms with van der Waals surface area (Å²) in [6, 6.07) is 12.8. The van der Waals surface area contributed by atoms with Crippen LogP contribution in [0.2, 0.25) is 0 Å². The molecule has 0 aliphatic rings. The lowest BCUT2D eigenvalue weighted by molar-refractivity contribution is 0.584. The van der Waals surface area contributed by atoms with Crippen molar-refractivity contribution in [1.29, 1.82) is 0 Å². The Bertz CT molecular complexity index is 706. The Morgan fingerprint density at radius 3 is 2.32 bits per heavy atom. The minimum atomic E-state index is -0.526. The number of nitrogens with zero attached hydrogens (tertiary/aromatic N) is 4. The highest BCUT2D eigenvalue weighted by Crippen LogP contribution is 2.28. The van der Waals surface area contributed by atoms with E-state index in [0.717, 1.165) is 11.3 Å². The molecule has 0 spiro atoms. The van der Waals surface area contributed by atoms with E-state index in [1.54, 1.807) is 13.1 Å². The first-order valence-electron chi connectivity index (χ1n) is 5.83. The molecule has 0 saturated heterocycles. The Labute approximate surface area is 109 Å². The first-order valence-corrected chi connectivity index (χ1v) is 5.83. The number of aryl methyl sites for hydroxylation is 1. The van der Waals surface area contributed by atoms with Crippen LogP contribution in [0.3, 0.4) is 0 Å². The van der Waals surface area contributed by atoms with Gasteiger partial charge in [-0.1, -0.05) is 30.3 Å². The maximum atomic E-state index is 13.2. The Hall–Kier alpha value is -2.56. The average Bonchev–Trinajstić information content (AvgIpc) is 2.82. The molecule has 4 nitrogen and oxygen atoms in total. The molecule has 0 aliphatic carbocycles.